The van der Waals surface area contributed by atoms with E-state index >= 15 is 0 Å². The maximum absolute atomic E-state index is 9.60. The van der Waals surface area contributed by atoms with Gasteiger partial charge in [0.25, 0.3) is 6.47 Å². The van der Waals surface area contributed by atoms with Gasteiger partial charge in [-0.1, -0.05) is 6.58 Å². The van der Waals surface area contributed by atoms with Gasteiger partial charge in [-0.3, -0.25) is 4.79 Å². The van der Waals surface area contributed by atoms with E-state index in [9.17, 15) is 4.79 Å². The van der Waals surface area contributed by atoms with E-state index in [4.69, 9.17) is 0 Å². The van der Waals surface area contributed by atoms with Crippen molar-refractivity contribution in [3.63, 3.8) is 0 Å². The van der Waals surface area contributed by atoms with E-state index in [1.165, 1.54) is 5.57 Å². The van der Waals surface area contributed by atoms with E-state index in [2.05, 4.69) is 16.6 Å². The van der Waals surface area contributed by atoms with Gasteiger partial charge < -0.3 is 10.1 Å². The van der Waals surface area contributed by atoms with Gasteiger partial charge in [-0.25, -0.2) is 0 Å². The molecule has 3 nitrogen and oxygen atoms in total. The van der Waals surface area contributed by atoms with Crippen LogP contribution in [0.1, 0.15) is 20.8 Å². The second kappa shape index (κ2) is 4.93. The lowest BCUT2D eigenvalue weighted by Crippen LogP contribution is -2.32. The van der Waals surface area contributed by atoms with E-state index < -0.39 is 0 Å². The van der Waals surface area contributed by atoms with E-state index in [-0.39, 0.29) is 5.60 Å². The number of carbonyl (C=O) groups excluding carboxylic acids is 1. The summed E-state index contributed by atoms with van der Waals surface area (Å²) in [4.78, 5) is 9.60. The number of nitrogens with one attached hydrogen (secondary N) is 1. The van der Waals surface area contributed by atoms with Crippen LogP contribution in [0.25, 0.3) is 0 Å². The first-order valence-corrected chi connectivity index (χ1v) is 3.94. The lowest BCUT2D eigenvalue weighted by atomic mass is 10.2. The minimum Gasteiger partial charge on any atom is -0.462 e. The molecule has 0 saturated carbocycles. The molecule has 12 heavy (non-hydrogen) atoms. The van der Waals surface area contributed by atoms with Crippen molar-refractivity contribution < 1.29 is 9.53 Å². The standard InChI is InChI=1S/C5H10O2.C4H7N/c1-5(2,3)7-4-6;1-4-2-5-3-4/h4H,1-3H3;5H,1-3H2. The summed E-state index contributed by atoms with van der Waals surface area (Å²) in [5.41, 5.74) is 1.01. The molecule has 1 heterocycles. The summed E-state index contributed by atoms with van der Waals surface area (Å²) in [6.07, 6.45) is 0. The monoisotopic (exact) mass is 171 g/mol. The van der Waals surface area contributed by atoms with Crippen LogP contribution >= 0.6 is 0 Å². The Kier molecular flexibility index (Phi) is 4.59. The molecule has 1 rings (SSSR count). The first-order chi connectivity index (χ1) is 5.45. The summed E-state index contributed by atoms with van der Waals surface area (Å²) >= 11 is 0. The first kappa shape index (κ1) is 11.2. The van der Waals surface area contributed by atoms with Gasteiger partial charge in [-0.2, -0.15) is 0 Å². The molecule has 0 amide bonds. The number of hydrogen-bond donors (Lipinski definition) is 1. The number of hydrogen-bond acceptors (Lipinski definition) is 3. The lowest BCUT2D eigenvalue weighted by molar-refractivity contribution is -0.138. The van der Waals surface area contributed by atoms with Crippen molar-refractivity contribution in [2.45, 2.75) is 26.4 Å². The number of carbonyl (C=O) groups is 1. The molecule has 1 aliphatic heterocycles. The average Bonchev–Trinajstić information content (AvgIpc) is 1.82. The third-order valence-corrected chi connectivity index (χ3v) is 1.15. The van der Waals surface area contributed by atoms with Crippen LogP contribution < -0.4 is 5.32 Å². The molecule has 3 heteroatoms. The Morgan fingerprint density at radius 2 is 1.92 bits per heavy atom. The second-order valence-corrected chi connectivity index (χ2v) is 3.68. The van der Waals surface area contributed by atoms with E-state index in [1.807, 2.05) is 20.8 Å². The van der Waals surface area contributed by atoms with Crippen molar-refractivity contribution in [1.29, 1.82) is 0 Å². The van der Waals surface area contributed by atoms with Crippen LogP contribution in [0.3, 0.4) is 0 Å². The molecule has 0 aliphatic carbocycles. The lowest BCUT2D eigenvalue weighted by Gasteiger charge is -2.15. The topological polar surface area (TPSA) is 38.3 Å². The first-order valence-electron chi connectivity index (χ1n) is 3.94. The molecule has 0 unspecified atom stereocenters. The Bertz CT molecular complexity index is 152. The molecule has 1 saturated heterocycles. The van der Waals surface area contributed by atoms with Crippen molar-refractivity contribution in [3.8, 4) is 0 Å². The van der Waals surface area contributed by atoms with Crippen LogP contribution in [-0.2, 0) is 9.53 Å². The van der Waals surface area contributed by atoms with E-state index in [1.54, 1.807) is 0 Å². The third kappa shape index (κ3) is 7.28. The van der Waals surface area contributed by atoms with Crippen molar-refractivity contribution in [2.24, 2.45) is 0 Å². The van der Waals surface area contributed by atoms with Gasteiger partial charge in [0.15, 0.2) is 0 Å². The van der Waals surface area contributed by atoms with Gasteiger partial charge in [0, 0.05) is 13.1 Å². The fraction of sp³-hybridized carbons (Fsp3) is 0.667. The van der Waals surface area contributed by atoms with E-state index in [0.717, 1.165) is 13.1 Å². The molecule has 0 aromatic heterocycles. The fourth-order valence-corrected chi connectivity index (χ4v) is 0.446. The Morgan fingerprint density at radius 3 is 1.92 bits per heavy atom. The van der Waals surface area contributed by atoms with Crippen LogP contribution in [0.15, 0.2) is 12.2 Å². The van der Waals surface area contributed by atoms with Gasteiger partial charge >= 0.3 is 0 Å². The van der Waals surface area contributed by atoms with Crippen LogP contribution in [0, 0.1) is 0 Å². The normalized spacial score (nSPS) is 15.4. The van der Waals surface area contributed by atoms with Crippen LogP contribution in [0.5, 0.6) is 0 Å². The highest BCUT2D eigenvalue weighted by Crippen LogP contribution is 2.02. The third-order valence-electron chi connectivity index (χ3n) is 1.15. The van der Waals surface area contributed by atoms with Crippen molar-refractivity contribution >= 4 is 6.47 Å². The van der Waals surface area contributed by atoms with Gasteiger partial charge in [0.1, 0.15) is 5.60 Å². The van der Waals surface area contributed by atoms with Gasteiger partial charge in [0.05, 0.1) is 0 Å². The molecule has 0 aromatic rings. The van der Waals surface area contributed by atoms with Crippen LogP contribution in [0.2, 0.25) is 0 Å². The second-order valence-electron chi connectivity index (χ2n) is 3.68. The van der Waals surface area contributed by atoms with Crippen molar-refractivity contribution in [1.82, 2.24) is 5.32 Å². The van der Waals surface area contributed by atoms with Crippen LogP contribution in [0.4, 0.5) is 0 Å². The SMILES string of the molecule is C=C1CNC1.CC(C)(C)OC=O. The predicted molar refractivity (Wildman–Crippen MR) is 48.9 cm³/mol. The van der Waals surface area contributed by atoms with Gasteiger partial charge in [0.2, 0.25) is 0 Å². The van der Waals surface area contributed by atoms with Crippen molar-refractivity contribution in [2.75, 3.05) is 13.1 Å². The summed E-state index contributed by atoms with van der Waals surface area (Å²) in [6.45, 7) is 11.7. The summed E-state index contributed by atoms with van der Waals surface area (Å²) in [5, 5.41) is 3.06. The molecule has 0 radical (unpaired) electrons. The predicted octanol–water partition coefficient (Wildman–Crippen LogP) is 1.10. The van der Waals surface area contributed by atoms with E-state index in [0.29, 0.717) is 6.47 Å². The zero-order chi connectivity index (χ0) is 9.61. The smallest absolute Gasteiger partial charge is 0.293 e. The number of rotatable bonds is 1. The maximum Gasteiger partial charge on any atom is 0.293 e. The largest absolute Gasteiger partial charge is 0.462 e. The molecule has 1 N–H and O–H groups in total. The van der Waals surface area contributed by atoms with Crippen LogP contribution in [-0.4, -0.2) is 25.2 Å². The maximum atomic E-state index is 9.60. The molecule has 70 valence electrons. The van der Waals surface area contributed by atoms with Crippen molar-refractivity contribution in [3.05, 3.63) is 12.2 Å². The Balaban J connectivity index is 0.000000211. The summed E-state index contributed by atoms with van der Waals surface area (Å²) in [6, 6.07) is 0. The van der Waals surface area contributed by atoms with Gasteiger partial charge in [-0.05, 0) is 26.3 Å². The summed E-state index contributed by atoms with van der Waals surface area (Å²) in [5.74, 6) is 0. The Morgan fingerprint density at radius 1 is 1.50 bits per heavy atom. The Hall–Kier alpha value is -0.830. The summed E-state index contributed by atoms with van der Waals surface area (Å²) in [7, 11) is 0. The quantitative estimate of drug-likeness (QED) is 0.474. The zero-order valence-corrected chi connectivity index (χ0v) is 8.02. The minimum absolute atomic E-state index is 0.318. The summed E-state index contributed by atoms with van der Waals surface area (Å²) < 4.78 is 4.55. The highest BCUT2D eigenvalue weighted by atomic mass is 16.5. The number of ether oxygens (including phenoxy) is 1. The highest BCUT2D eigenvalue weighted by Gasteiger charge is 2.07. The molecule has 0 aromatic carbocycles. The molecule has 0 spiro atoms. The molecule has 1 fully saturated rings. The highest BCUT2D eigenvalue weighted by molar-refractivity contribution is 5.37. The molecule has 0 bridgehead atoms. The molecule has 1 aliphatic rings. The minimum atomic E-state index is -0.318. The molecular formula is C9H17NO2. The van der Waals surface area contributed by atoms with Gasteiger partial charge in [-0.15, -0.1) is 0 Å². The molecule has 0 atom stereocenters. The fourth-order valence-electron chi connectivity index (χ4n) is 0.446. The Labute approximate surface area is 73.8 Å². The average molecular weight is 171 g/mol. The molecular weight excluding hydrogens is 154 g/mol. The zero-order valence-electron chi connectivity index (χ0n) is 8.02.